The maximum absolute atomic E-state index is 11.2. The van der Waals surface area contributed by atoms with Gasteiger partial charge in [-0.05, 0) is 17.7 Å². The van der Waals surface area contributed by atoms with Crippen molar-refractivity contribution in [2.75, 3.05) is 20.8 Å². The Bertz CT molecular complexity index is 464. The van der Waals surface area contributed by atoms with Gasteiger partial charge in [0, 0.05) is 10.9 Å². The minimum atomic E-state index is -0.395. The van der Waals surface area contributed by atoms with Crippen LogP contribution in [0.1, 0.15) is 18.0 Å². The summed E-state index contributed by atoms with van der Waals surface area (Å²) in [5.41, 5.74) is 0.948. The first-order valence-electron chi connectivity index (χ1n) is 5.50. The normalized spacial score (nSPS) is 18.8. The van der Waals surface area contributed by atoms with E-state index < -0.39 is 6.09 Å². The molecule has 0 aromatic heterocycles. The molecule has 1 fully saturated rings. The van der Waals surface area contributed by atoms with Gasteiger partial charge < -0.3 is 19.5 Å². The van der Waals surface area contributed by atoms with Crippen molar-refractivity contribution in [3.8, 4) is 11.5 Å². The Morgan fingerprint density at radius 3 is 2.61 bits per heavy atom. The number of alkyl carbamates (subject to hydrolysis) is 1. The lowest BCUT2D eigenvalue weighted by Gasteiger charge is -2.25. The van der Waals surface area contributed by atoms with Crippen molar-refractivity contribution in [1.29, 1.82) is 0 Å². The number of methoxy groups -OCH3 is 2. The number of nitrogens with one attached hydrogen (secondary N) is 1. The lowest BCUT2D eigenvalue weighted by Crippen LogP contribution is -2.35. The molecule has 1 aliphatic heterocycles. The van der Waals surface area contributed by atoms with Gasteiger partial charge in [0.1, 0.15) is 0 Å². The van der Waals surface area contributed by atoms with E-state index in [1.807, 2.05) is 12.1 Å². The number of amides is 1. The van der Waals surface area contributed by atoms with Crippen molar-refractivity contribution < 1.29 is 19.0 Å². The van der Waals surface area contributed by atoms with E-state index >= 15 is 0 Å². The van der Waals surface area contributed by atoms with Crippen LogP contribution in [0, 0.1) is 0 Å². The minimum absolute atomic E-state index is 0.0829. The molecule has 0 unspecified atom stereocenters. The summed E-state index contributed by atoms with van der Waals surface area (Å²) in [5, 5.41) is 2.77. The van der Waals surface area contributed by atoms with E-state index in [1.54, 1.807) is 14.2 Å². The molecule has 1 N–H and O–H groups in total. The van der Waals surface area contributed by atoms with Gasteiger partial charge in [-0.1, -0.05) is 15.9 Å². The highest BCUT2D eigenvalue weighted by molar-refractivity contribution is 9.10. The first-order valence-corrected chi connectivity index (χ1v) is 6.29. The SMILES string of the molecule is COc1cc(Br)c([C@@H]2CCOC(=O)N2)cc1OC. The number of hydrogen-bond acceptors (Lipinski definition) is 4. The Kier molecular flexibility index (Phi) is 3.96. The molecule has 0 radical (unpaired) electrons. The molecule has 1 aromatic rings. The van der Waals surface area contributed by atoms with Crippen LogP contribution in [-0.4, -0.2) is 26.9 Å². The fourth-order valence-corrected chi connectivity index (χ4v) is 2.49. The van der Waals surface area contributed by atoms with Crippen LogP contribution in [0.4, 0.5) is 4.79 Å². The highest BCUT2D eigenvalue weighted by Gasteiger charge is 2.24. The molecule has 0 bridgehead atoms. The minimum Gasteiger partial charge on any atom is -0.493 e. The molecule has 1 heterocycles. The van der Waals surface area contributed by atoms with Crippen LogP contribution in [0.15, 0.2) is 16.6 Å². The van der Waals surface area contributed by atoms with Crippen LogP contribution in [0.3, 0.4) is 0 Å². The molecule has 2 rings (SSSR count). The van der Waals surface area contributed by atoms with Crippen molar-refractivity contribution in [2.45, 2.75) is 12.5 Å². The highest BCUT2D eigenvalue weighted by atomic mass is 79.9. The molecule has 0 aliphatic carbocycles. The lowest BCUT2D eigenvalue weighted by atomic mass is 10.0. The molecule has 1 saturated heterocycles. The van der Waals surface area contributed by atoms with Crippen molar-refractivity contribution in [3.05, 3.63) is 22.2 Å². The van der Waals surface area contributed by atoms with Crippen molar-refractivity contribution in [1.82, 2.24) is 5.32 Å². The standard InChI is InChI=1S/C12H14BrNO4/c1-16-10-5-7(8(13)6-11(10)17-2)9-3-4-18-12(15)14-9/h5-6,9H,3-4H2,1-2H3,(H,14,15)/t9-/m0/s1. The van der Waals surface area contributed by atoms with Gasteiger partial charge in [0.05, 0.1) is 26.9 Å². The third-order valence-electron chi connectivity index (χ3n) is 2.81. The predicted octanol–water partition coefficient (Wildman–Crippen LogP) is 2.64. The molecule has 6 heteroatoms. The molecule has 5 nitrogen and oxygen atoms in total. The van der Waals surface area contributed by atoms with Crippen molar-refractivity contribution >= 4 is 22.0 Å². The molecular formula is C12H14BrNO4. The number of rotatable bonds is 3. The number of benzene rings is 1. The fourth-order valence-electron chi connectivity index (χ4n) is 1.90. The second kappa shape index (κ2) is 5.48. The van der Waals surface area contributed by atoms with E-state index in [1.165, 1.54) is 0 Å². The first-order chi connectivity index (χ1) is 8.65. The van der Waals surface area contributed by atoms with Gasteiger partial charge in [-0.2, -0.15) is 0 Å². The average molecular weight is 316 g/mol. The van der Waals surface area contributed by atoms with Crippen molar-refractivity contribution in [2.24, 2.45) is 0 Å². The maximum Gasteiger partial charge on any atom is 0.407 e. The number of halogens is 1. The summed E-state index contributed by atoms with van der Waals surface area (Å²) in [5.74, 6) is 1.28. The third kappa shape index (κ3) is 2.53. The Morgan fingerprint density at radius 2 is 2.00 bits per heavy atom. The Hall–Kier alpha value is -1.43. The van der Waals surface area contributed by atoms with E-state index in [2.05, 4.69) is 21.2 Å². The second-order valence-corrected chi connectivity index (χ2v) is 4.70. The third-order valence-corrected chi connectivity index (χ3v) is 3.50. The van der Waals surface area contributed by atoms with Gasteiger partial charge >= 0.3 is 6.09 Å². The van der Waals surface area contributed by atoms with Gasteiger partial charge in [0.2, 0.25) is 0 Å². The number of ether oxygens (including phenoxy) is 3. The molecule has 0 saturated carbocycles. The molecular weight excluding hydrogens is 302 g/mol. The zero-order valence-corrected chi connectivity index (χ0v) is 11.7. The zero-order valence-electron chi connectivity index (χ0n) is 10.2. The predicted molar refractivity (Wildman–Crippen MR) is 69.1 cm³/mol. The summed E-state index contributed by atoms with van der Waals surface area (Å²) in [4.78, 5) is 11.2. The molecule has 1 aromatic carbocycles. The van der Waals surface area contributed by atoms with E-state index in [9.17, 15) is 4.79 Å². The maximum atomic E-state index is 11.2. The Labute approximate surface area is 114 Å². The Balaban J connectivity index is 2.34. The molecule has 98 valence electrons. The van der Waals surface area contributed by atoms with Gasteiger partial charge in [0.15, 0.2) is 11.5 Å². The quantitative estimate of drug-likeness (QED) is 0.931. The van der Waals surface area contributed by atoms with Gasteiger partial charge in [0.25, 0.3) is 0 Å². The van der Waals surface area contributed by atoms with E-state index in [-0.39, 0.29) is 6.04 Å². The summed E-state index contributed by atoms with van der Waals surface area (Å²) in [6.45, 7) is 0.414. The van der Waals surface area contributed by atoms with Crippen molar-refractivity contribution in [3.63, 3.8) is 0 Å². The fraction of sp³-hybridized carbons (Fsp3) is 0.417. The smallest absolute Gasteiger partial charge is 0.407 e. The summed E-state index contributed by atoms with van der Waals surface area (Å²) >= 11 is 3.48. The number of hydrogen-bond donors (Lipinski definition) is 1. The van der Waals surface area contributed by atoms with Crippen LogP contribution < -0.4 is 14.8 Å². The summed E-state index contributed by atoms with van der Waals surface area (Å²) in [7, 11) is 3.16. The Morgan fingerprint density at radius 1 is 1.33 bits per heavy atom. The largest absolute Gasteiger partial charge is 0.493 e. The monoisotopic (exact) mass is 315 g/mol. The second-order valence-electron chi connectivity index (χ2n) is 3.85. The number of cyclic esters (lactones) is 1. The zero-order chi connectivity index (χ0) is 13.1. The molecule has 18 heavy (non-hydrogen) atoms. The van der Waals surface area contributed by atoms with Crippen LogP contribution in [0.5, 0.6) is 11.5 Å². The van der Waals surface area contributed by atoms with E-state index in [0.29, 0.717) is 18.1 Å². The summed E-state index contributed by atoms with van der Waals surface area (Å²) in [6.07, 6.45) is 0.327. The average Bonchev–Trinajstić information content (AvgIpc) is 2.38. The van der Waals surface area contributed by atoms with E-state index in [4.69, 9.17) is 14.2 Å². The van der Waals surface area contributed by atoms with Crippen LogP contribution in [-0.2, 0) is 4.74 Å². The van der Waals surface area contributed by atoms with Crippen LogP contribution >= 0.6 is 15.9 Å². The van der Waals surface area contributed by atoms with Gasteiger partial charge in [-0.25, -0.2) is 4.79 Å². The van der Waals surface area contributed by atoms with E-state index in [0.717, 1.165) is 16.5 Å². The summed E-state index contributed by atoms with van der Waals surface area (Å²) in [6, 6.07) is 3.61. The molecule has 0 spiro atoms. The molecule has 1 atom stereocenters. The number of carbonyl (C=O) groups excluding carboxylic acids is 1. The first kappa shape index (κ1) is 13.0. The topological polar surface area (TPSA) is 56.8 Å². The molecule has 1 amide bonds. The van der Waals surface area contributed by atoms with Gasteiger partial charge in [-0.15, -0.1) is 0 Å². The van der Waals surface area contributed by atoms with Crippen LogP contribution in [0.25, 0.3) is 0 Å². The van der Waals surface area contributed by atoms with Gasteiger partial charge in [-0.3, -0.25) is 0 Å². The number of carbonyl (C=O) groups is 1. The van der Waals surface area contributed by atoms with Crippen LogP contribution in [0.2, 0.25) is 0 Å². The highest BCUT2D eigenvalue weighted by Crippen LogP contribution is 2.37. The molecule has 1 aliphatic rings. The summed E-state index contributed by atoms with van der Waals surface area (Å²) < 4.78 is 16.2. The lowest BCUT2D eigenvalue weighted by molar-refractivity contribution is 0.115.